The Labute approximate surface area is 130 Å². The van der Waals surface area contributed by atoms with E-state index in [9.17, 15) is 9.59 Å². The molecule has 4 N–H and O–H groups in total. The average Bonchev–Trinajstić information content (AvgIpc) is 3.02. The highest BCUT2D eigenvalue weighted by atomic mass is 16.3. The van der Waals surface area contributed by atoms with Gasteiger partial charge >= 0.3 is 6.03 Å². The summed E-state index contributed by atoms with van der Waals surface area (Å²) >= 11 is 0. The fourth-order valence-electron chi connectivity index (χ4n) is 2.72. The fourth-order valence-corrected chi connectivity index (χ4v) is 2.72. The van der Waals surface area contributed by atoms with Crippen LogP contribution in [-0.4, -0.2) is 43.0 Å². The minimum Gasteiger partial charge on any atom is -0.468 e. The standard InChI is InChI=1S/C15H24N4O3/c16-15(21)17-7-6-14(20)18-11-12(13-5-4-10-22-13)19-8-2-1-3-9-19/h4-5,10,12H,1-3,6-9,11H2,(H,18,20)(H3,16,17,21). The molecule has 22 heavy (non-hydrogen) atoms. The first-order valence-corrected chi connectivity index (χ1v) is 7.74. The van der Waals surface area contributed by atoms with Crippen LogP contribution in [0.1, 0.15) is 37.5 Å². The van der Waals surface area contributed by atoms with Crippen molar-refractivity contribution in [1.29, 1.82) is 0 Å². The third-order valence-electron chi connectivity index (χ3n) is 3.85. The van der Waals surface area contributed by atoms with Crippen LogP contribution >= 0.6 is 0 Å². The maximum Gasteiger partial charge on any atom is 0.312 e. The van der Waals surface area contributed by atoms with E-state index in [4.69, 9.17) is 10.2 Å². The zero-order valence-electron chi connectivity index (χ0n) is 12.7. The second kappa shape index (κ2) is 8.43. The van der Waals surface area contributed by atoms with Crippen molar-refractivity contribution in [2.24, 2.45) is 5.73 Å². The smallest absolute Gasteiger partial charge is 0.312 e. The van der Waals surface area contributed by atoms with Crippen LogP contribution in [0.4, 0.5) is 4.79 Å². The zero-order chi connectivity index (χ0) is 15.8. The summed E-state index contributed by atoms with van der Waals surface area (Å²) in [6.45, 7) is 2.79. The number of nitrogens with zero attached hydrogens (tertiary/aromatic N) is 1. The van der Waals surface area contributed by atoms with E-state index >= 15 is 0 Å². The van der Waals surface area contributed by atoms with E-state index in [1.165, 1.54) is 19.3 Å². The summed E-state index contributed by atoms with van der Waals surface area (Å²) < 4.78 is 5.53. The van der Waals surface area contributed by atoms with Crippen molar-refractivity contribution < 1.29 is 14.0 Å². The van der Waals surface area contributed by atoms with E-state index in [1.54, 1.807) is 6.26 Å². The van der Waals surface area contributed by atoms with Crippen molar-refractivity contribution in [1.82, 2.24) is 15.5 Å². The predicted octanol–water partition coefficient (Wildman–Crippen LogP) is 0.981. The molecule has 1 saturated heterocycles. The maximum atomic E-state index is 11.8. The molecule has 1 aromatic rings. The van der Waals surface area contributed by atoms with Gasteiger partial charge in [0.15, 0.2) is 0 Å². The monoisotopic (exact) mass is 308 g/mol. The molecule has 0 bridgehead atoms. The fraction of sp³-hybridized carbons (Fsp3) is 0.600. The van der Waals surface area contributed by atoms with Gasteiger partial charge in [-0.1, -0.05) is 6.42 Å². The first-order valence-electron chi connectivity index (χ1n) is 7.74. The highest BCUT2D eigenvalue weighted by Gasteiger charge is 2.24. The highest BCUT2D eigenvalue weighted by molar-refractivity contribution is 5.77. The van der Waals surface area contributed by atoms with Gasteiger partial charge in [0.05, 0.1) is 12.3 Å². The van der Waals surface area contributed by atoms with Crippen molar-refractivity contribution in [3.63, 3.8) is 0 Å². The summed E-state index contributed by atoms with van der Waals surface area (Å²) in [4.78, 5) is 24.7. The molecule has 0 aromatic carbocycles. The first-order chi connectivity index (χ1) is 10.7. The second-order valence-electron chi connectivity index (χ2n) is 5.47. The Balaban J connectivity index is 1.84. The van der Waals surface area contributed by atoms with Gasteiger partial charge in [0.1, 0.15) is 5.76 Å². The molecular formula is C15H24N4O3. The lowest BCUT2D eigenvalue weighted by molar-refractivity contribution is -0.121. The van der Waals surface area contributed by atoms with Crippen molar-refractivity contribution in [2.75, 3.05) is 26.2 Å². The van der Waals surface area contributed by atoms with Crippen LogP contribution in [0.3, 0.4) is 0 Å². The summed E-state index contributed by atoms with van der Waals surface area (Å²) in [5.74, 6) is 0.764. The van der Waals surface area contributed by atoms with Crippen molar-refractivity contribution >= 4 is 11.9 Å². The number of amides is 3. The van der Waals surface area contributed by atoms with Gasteiger partial charge in [-0.3, -0.25) is 9.69 Å². The molecule has 0 radical (unpaired) electrons. The zero-order valence-corrected chi connectivity index (χ0v) is 12.7. The van der Waals surface area contributed by atoms with E-state index < -0.39 is 6.03 Å². The summed E-state index contributed by atoms with van der Waals surface area (Å²) in [5.41, 5.74) is 4.96. The minimum absolute atomic E-state index is 0.0587. The Morgan fingerprint density at radius 2 is 2.05 bits per heavy atom. The van der Waals surface area contributed by atoms with Gasteiger partial charge in [-0.2, -0.15) is 0 Å². The van der Waals surface area contributed by atoms with Gasteiger partial charge in [0, 0.05) is 19.5 Å². The summed E-state index contributed by atoms with van der Waals surface area (Å²) in [7, 11) is 0. The Morgan fingerprint density at radius 3 is 2.68 bits per heavy atom. The molecule has 1 aliphatic heterocycles. The SMILES string of the molecule is NC(=O)NCCC(=O)NCC(c1ccco1)N1CCCCC1. The number of primary amides is 1. The molecule has 1 aliphatic rings. The summed E-state index contributed by atoms with van der Waals surface area (Å²) in [5, 5.41) is 5.31. The molecule has 2 heterocycles. The highest BCUT2D eigenvalue weighted by Crippen LogP contribution is 2.24. The molecule has 1 aromatic heterocycles. The Hall–Kier alpha value is -2.02. The number of hydrogen-bond acceptors (Lipinski definition) is 4. The summed E-state index contributed by atoms with van der Waals surface area (Å²) in [6, 6.07) is 3.25. The number of hydrogen-bond donors (Lipinski definition) is 3. The molecule has 3 amide bonds. The molecule has 0 aliphatic carbocycles. The van der Waals surface area contributed by atoms with Crippen molar-refractivity contribution in [2.45, 2.75) is 31.7 Å². The number of piperidine rings is 1. The maximum absolute atomic E-state index is 11.8. The average molecular weight is 308 g/mol. The van der Waals surface area contributed by atoms with Crippen LogP contribution in [0, 0.1) is 0 Å². The topological polar surface area (TPSA) is 101 Å². The van der Waals surface area contributed by atoms with Gasteiger partial charge in [0.2, 0.25) is 5.91 Å². The Morgan fingerprint density at radius 1 is 1.27 bits per heavy atom. The number of carbonyl (C=O) groups is 2. The molecule has 2 rings (SSSR count). The first kappa shape index (κ1) is 16.4. The lowest BCUT2D eigenvalue weighted by atomic mass is 10.1. The van der Waals surface area contributed by atoms with Gasteiger partial charge in [-0.05, 0) is 38.1 Å². The lowest BCUT2D eigenvalue weighted by Crippen LogP contribution is -2.41. The van der Waals surface area contributed by atoms with E-state index in [0.29, 0.717) is 6.54 Å². The number of nitrogens with two attached hydrogens (primary N) is 1. The molecule has 1 unspecified atom stereocenters. The second-order valence-corrected chi connectivity index (χ2v) is 5.47. The molecule has 7 heteroatoms. The largest absolute Gasteiger partial charge is 0.468 e. The van der Waals surface area contributed by atoms with Gasteiger partial charge in [-0.15, -0.1) is 0 Å². The molecule has 0 spiro atoms. The minimum atomic E-state index is -0.616. The number of carbonyl (C=O) groups excluding carboxylic acids is 2. The lowest BCUT2D eigenvalue weighted by Gasteiger charge is -2.33. The number of urea groups is 1. The third-order valence-corrected chi connectivity index (χ3v) is 3.85. The Bertz CT molecular complexity index is 469. The van der Waals surface area contributed by atoms with E-state index in [0.717, 1.165) is 18.8 Å². The van der Waals surface area contributed by atoms with Crippen LogP contribution in [0.5, 0.6) is 0 Å². The van der Waals surface area contributed by atoms with Crippen LogP contribution in [0.15, 0.2) is 22.8 Å². The van der Waals surface area contributed by atoms with Crippen LogP contribution < -0.4 is 16.4 Å². The number of nitrogens with one attached hydrogen (secondary N) is 2. The third kappa shape index (κ3) is 5.07. The molecule has 7 nitrogen and oxygen atoms in total. The Kier molecular flexibility index (Phi) is 6.27. The molecule has 1 fully saturated rings. The van der Waals surface area contributed by atoms with E-state index in [1.807, 2.05) is 12.1 Å². The molecule has 0 saturated carbocycles. The van der Waals surface area contributed by atoms with Crippen LogP contribution in [0.2, 0.25) is 0 Å². The molecule has 1 atom stereocenters. The van der Waals surface area contributed by atoms with Gasteiger partial charge in [0.25, 0.3) is 0 Å². The summed E-state index contributed by atoms with van der Waals surface area (Å²) in [6.07, 6.45) is 5.48. The number of rotatable bonds is 7. The number of furan rings is 1. The quantitative estimate of drug-likeness (QED) is 0.699. The van der Waals surface area contributed by atoms with Crippen LogP contribution in [0.25, 0.3) is 0 Å². The van der Waals surface area contributed by atoms with E-state index in [-0.39, 0.29) is 24.9 Å². The van der Waals surface area contributed by atoms with Crippen molar-refractivity contribution in [3.05, 3.63) is 24.2 Å². The normalized spacial score (nSPS) is 16.9. The van der Waals surface area contributed by atoms with E-state index in [2.05, 4.69) is 15.5 Å². The molecular weight excluding hydrogens is 284 g/mol. The predicted molar refractivity (Wildman–Crippen MR) is 82.1 cm³/mol. The van der Waals surface area contributed by atoms with Crippen LogP contribution in [-0.2, 0) is 4.79 Å². The number of likely N-dealkylation sites (tertiary alicyclic amines) is 1. The molecule has 122 valence electrons. The van der Waals surface area contributed by atoms with Crippen molar-refractivity contribution in [3.8, 4) is 0 Å². The van der Waals surface area contributed by atoms with Gasteiger partial charge in [-0.25, -0.2) is 4.79 Å². The van der Waals surface area contributed by atoms with Gasteiger partial charge < -0.3 is 20.8 Å².